The Balaban J connectivity index is 1.81. The lowest BCUT2D eigenvalue weighted by atomic mass is 9.93. The second-order valence-electron chi connectivity index (χ2n) is 5.96. The summed E-state index contributed by atoms with van der Waals surface area (Å²) in [6.07, 6.45) is -2.06. The van der Waals surface area contributed by atoms with Crippen molar-refractivity contribution < 1.29 is 26.7 Å². The van der Waals surface area contributed by atoms with Crippen LogP contribution in [0, 0.1) is 11.6 Å². The SMILES string of the molecule is O=C(/N=C(\Nc1cc(C(F)(F)F)n[nH]1)NC1CCC1)c1ccc(F)c(F)c1. The van der Waals surface area contributed by atoms with Crippen LogP contribution in [0.2, 0.25) is 0 Å². The third kappa shape index (κ3) is 4.60. The zero-order chi connectivity index (χ0) is 19.6. The predicted octanol–water partition coefficient (Wildman–Crippen LogP) is 3.46. The average Bonchev–Trinajstić information content (AvgIpc) is 3.02. The fourth-order valence-electron chi connectivity index (χ4n) is 2.30. The van der Waals surface area contributed by atoms with Crippen LogP contribution in [0.5, 0.6) is 0 Å². The molecule has 1 aliphatic rings. The number of guanidine groups is 1. The zero-order valence-corrected chi connectivity index (χ0v) is 13.7. The normalized spacial score (nSPS) is 15.4. The van der Waals surface area contributed by atoms with E-state index in [1.807, 2.05) is 0 Å². The Bertz CT molecular complexity index is 872. The van der Waals surface area contributed by atoms with Gasteiger partial charge in [0.25, 0.3) is 5.91 Å². The molecule has 1 fully saturated rings. The van der Waals surface area contributed by atoms with Gasteiger partial charge >= 0.3 is 6.18 Å². The number of rotatable bonds is 3. The molecule has 144 valence electrons. The first-order chi connectivity index (χ1) is 12.7. The van der Waals surface area contributed by atoms with E-state index in [9.17, 15) is 26.7 Å². The van der Waals surface area contributed by atoms with E-state index in [0.717, 1.165) is 37.5 Å². The maximum absolute atomic E-state index is 13.3. The van der Waals surface area contributed by atoms with E-state index in [0.29, 0.717) is 6.07 Å². The molecule has 0 bridgehead atoms. The lowest BCUT2D eigenvalue weighted by Crippen LogP contribution is -2.43. The number of aromatic nitrogens is 2. The Kier molecular flexibility index (Phi) is 5.10. The van der Waals surface area contributed by atoms with E-state index in [-0.39, 0.29) is 23.4 Å². The van der Waals surface area contributed by atoms with Crippen molar-refractivity contribution in [3.05, 3.63) is 47.2 Å². The lowest BCUT2D eigenvalue weighted by molar-refractivity contribution is -0.141. The Hall–Kier alpha value is -2.98. The van der Waals surface area contributed by atoms with Crippen molar-refractivity contribution in [1.29, 1.82) is 0 Å². The first-order valence-electron chi connectivity index (χ1n) is 7.96. The topological polar surface area (TPSA) is 82.2 Å². The van der Waals surface area contributed by atoms with Crippen LogP contribution in [-0.4, -0.2) is 28.1 Å². The number of nitrogens with one attached hydrogen (secondary N) is 3. The monoisotopic (exact) mass is 387 g/mol. The van der Waals surface area contributed by atoms with Gasteiger partial charge in [0, 0.05) is 17.7 Å². The minimum absolute atomic E-state index is 0.000915. The Labute approximate surface area is 149 Å². The highest BCUT2D eigenvalue weighted by Crippen LogP contribution is 2.28. The highest BCUT2D eigenvalue weighted by molar-refractivity contribution is 6.06. The lowest BCUT2D eigenvalue weighted by Gasteiger charge is -2.28. The summed E-state index contributed by atoms with van der Waals surface area (Å²) in [6, 6.07) is 3.26. The number of alkyl halides is 3. The molecule has 1 heterocycles. The van der Waals surface area contributed by atoms with E-state index in [1.165, 1.54) is 0 Å². The van der Waals surface area contributed by atoms with Crippen LogP contribution in [0.1, 0.15) is 35.3 Å². The van der Waals surface area contributed by atoms with Gasteiger partial charge in [-0.15, -0.1) is 0 Å². The van der Waals surface area contributed by atoms with Gasteiger partial charge in [-0.3, -0.25) is 9.89 Å². The number of H-pyrrole nitrogens is 1. The molecule has 27 heavy (non-hydrogen) atoms. The summed E-state index contributed by atoms with van der Waals surface area (Å²) in [5.41, 5.74) is -1.34. The van der Waals surface area contributed by atoms with Crippen molar-refractivity contribution in [3.8, 4) is 0 Å². The van der Waals surface area contributed by atoms with Gasteiger partial charge in [0.15, 0.2) is 17.3 Å². The molecule has 0 atom stereocenters. The summed E-state index contributed by atoms with van der Waals surface area (Å²) in [5.74, 6) is -3.46. The molecule has 0 saturated heterocycles. The number of aliphatic imine (C=N–C) groups is 1. The van der Waals surface area contributed by atoms with Crippen LogP contribution in [0.15, 0.2) is 29.3 Å². The molecule has 0 unspecified atom stereocenters. The summed E-state index contributed by atoms with van der Waals surface area (Å²) < 4.78 is 64.2. The smallest absolute Gasteiger partial charge is 0.353 e. The van der Waals surface area contributed by atoms with Gasteiger partial charge in [0.05, 0.1) is 0 Å². The van der Waals surface area contributed by atoms with Crippen molar-refractivity contribution in [2.45, 2.75) is 31.5 Å². The number of carbonyl (C=O) groups excluding carboxylic acids is 1. The fourth-order valence-corrected chi connectivity index (χ4v) is 2.30. The Morgan fingerprint density at radius 2 is 1.93 bits per heavy atom. The minimum atomic E-state index is -4.63. The molecule has 3 N–H and O–H groups in total. The molecule has 11 heteroatoms. The summed E-state index contributed by atoms with van der Waals surface area (Å²) in [4.78, 5) is 15.9. The van der Waals surface area contributed by atoms with Gasteiger partial charge in [-0.05, 0) is 37.5 Å². The van der Waals surface area contributed by atoms with Gasteiger partial charge in [-0.2, -0.15) is 23.3 Å². The Morgan fingerprint density at radius 1 is 1.19 bits per heavy atom. The first kappa shape index (κ1) is 18.8. The summed E-state index contributed by atoms with van der Waals surface area (Å²) in [6.45, 7) is 0. The van der Waals surface area contributed by atoms with E-state index < -0.39 is 29.4 Å². The second kappa shape index (κ2) is 7.33. The Morgan fingerprint density at radius 3 is 2.48 bits per heavy atom. The van der Waals surface area contributed by atoms with Crippen molar-refractivity contribution in [2.24, 2.45) is 4.99 Å². The van der Waals surface area contributed by atoms with Gasteiger partial charge in [0.1, 0.15) is 5.82 Å². The summed E-state index contributed by atoms with van der Waals surface area (Å²) in [5, 5.41) is 10.7. The largest absolute Gasteiger partial charge is 0.435 e. The van der Waals surface area contributed by atoms with E-state index in [1.54, 1.807) is 0 Å². The quantitative estimate of drug-likeness (QED) is 0.428. The molecule has 3 rings (SSSR count). The van der Waals surface area contributed by atoms with Crippen molar-refractivity contribution in [2.75, 3.05) is 5.32 Å². The van der Waals surface area contributed by atoms with Crippen molar-refractivity contribution in [1.82, 2.24) is 15.5 Å². The third-order valence-corrected chi connectivity index (χ3v) is 3.95. The molecule has 0 spiro atoms. The molecular formula is C16H14F5N5O. The summed E-state index contributed by atoms with van der Waals surface area (Å²) >= 11 is 0. The number of hydrogen-bond acceptors (Lipinski definition) is 2. The highest BCUT2D eigenvalue weighted by Gasteiger charge is 2.34. The molecule has 6 nitrogen and oxygen atoms in total. The number of carbonyl (C=O) groups is 1. The molecule has 1 saturated carbocycles. The summed E-state index contributed by atoms with van der Waals surface area (Å²) in [7, 11) is 0. The third-order valence-electron chi connectivity index (χ3n) is 3.95. The van der Waals surface area contributed by atoms with E-state index >= 15 is 0 Å². The van der Waals surface area contributed by atoms with Crippen LogP contribution >= 0.6 is 0 Å². The molecular weight excluding hydrogens is 373 g/mol. The van der Waals surface area contributed by atoms with Gasteiger partial charge in [-0.1, -0.05) is 0 Å². The molecule has 2 aromatic rings. The number of aromatic amines is 1. The number of nitrogens with zero attached hydrogens (tertiary/aromatic N) is 2. The van der Waals surface area contributed by atoms with Crippen LogP contribution in [0.25, 0.3) is 0 Å². The first-order valence-corrected chi connectivity index (χ1v) is 7.96. The van der Waals surface area contributed by atoms with E-state index in [4.69, 9.17) is 0 Å². The number of amides is 1. The van der Waals surface area contributed by atoms with Gasteiger partial charge in [-0.25, -0.2) is 8.78 Å². The molecule has 1 aromatic carbocycles. The number of hydrogen-bond donors (Lipinski definition) is 3. The van der Waals surface area contributed by atoms with Crippen LogP contribution in [0.3, 0.4) is 0 Å². The van der Waals surface area contributed by atoms with Crippen LogP contribution in [-0.2, 0) is 6.18 Å². The molecule has 1 aliphatic carbocycles. The maximum Gasteiger partial charge on any atom is 0.435 e. The average molecular weight is 387 g/mol. The zero-order valence-electron chi connectivity index (χ0n) is 13.7. The van der Waals surface area contributed by atoms with Crippen molar-refractivity contribution in [3.63, 3.8) is 0 Å². The van der Waals surface area contributed by atoms with Crippen molar-refractivity contribution >= 4 is 17.7 Å². The number of halogens is 5. The second-order valence-corrected chi connectivity index (χ2v) is 5.96. The minimum Gasteiger partial charge on any atom is -0.353 e. The van der Waals surface area contributed by atoms with Crippen LogP contribution < -0.4 is 10.6 Å². The molecule has 0 radical (unpaired) electrons. The van der Waals surface area contributed by atoms with E-state index in [2.05, 4.69) is 25.8 Å². The molecule has 0 aliphatic heterocycles. The molecule has 1 amide bonds. The van der Waals surface area contributed by atoms with Gasteiger partial charge < -0.3 is 10.6 Å². The predicted molar refractivity (Wildman–Crippen MR) is 86.1 cm³/mol. The number of benzene rings is 1. The number of anilines is 1. The maximum atomic E-state index is 13.3. The van der Waals surface area contributed by atoms with Gasteiger partial charge in [0.2, 0.25) is 5.96 Å². The highest BCUT2D eigenvalue weighted by atomic mass is 19.4. The van der Waals surface area contributed by atoms with Crippen LogP contribution in [0.4, 0.5) is 27.8 Å². The fraction of sp³-hybridized carbons (Fsp3) is 0.312. The molecule has 1 aromatic heterocycles. The standard InChI is InChI=1S/C16H14F5N5O/c17-10-5-4-8(6-11(10)18)14(27)24-15(22-9-2-1-3-9)23-13-7-12(25-26-13)16(19,20)21/h4-7,9H,1-3H2,(H3,22,23,24,25,26,27).